The molecule has 1 aliphatic rings. The SMILES string of the molecule is CO[Si](C)(OCC1CO1)c1ccccc1. The van der Waals surface area contributed by atoms with Gasteiger partial charge in [-0.15, -0.1) is 0 Å². The van der Waals surface area contributed by atoms with E-state index < -0.39 is 8.56 Å². The van der Waals surface area contributed by atoms with Crippen LogP contribution in [0.25, 0.3) is 0 Å². The van der Waals surface area contributed by atoms with Crippen molar-refractivity contribution in [1.82, 2.24) is 0 Å². The average molecular weight is 224 g/mol. The summed E-state index contributed by atoms with van der Waals surface area (Å²) in [6, 6.07) is 10.1. The quantitative estimate of drug-likeness (QED) is 0.553. The van der Waals surface area contributed by atoms with E-state index in [9.17, 15) is 0 Å². The molecule has 0 amide bonds. The molecule has 0 radical (unpaired) electrons. The molecule has 1 fully saturated rings. The van der Waals surface area contributed by atoms with Gasteiger partial charge < -0.3 is 13.6 Å². The standard InChI is InChI=1S/C11H16O3Si/c1-12-15(2,14-9-10-8-13-10)11-6-4-3-5-7-11/h3-7,10H,8-9H2,1-2H3. The summed E-state index contributed by atoms with van der Waals surface area (Å²) in [5.41, 5.74) is 0. The van der Waals surface area contributed by atoms with Gasteiger partial charge in [-0.1, -0.05) is 30.3 Å². The summed E-state index contributed by atoms with van der Waals surface area (Å²) in [5.74, 6) is 0. The molecule has 0 aromatic heterocycles. The Morgan fingerprint density at radius 2 is 2.07 bits per heavy atom. The van der Waals surface area contributed by atoms with Gasteiger partial charge in [0.25, 0.3) is 0 Å². The van der Waals surface area contributed by atoms with E-state index in [0.717, 1.165) is 11.8 Å². The molecule has 1 aromatic rings. The summed E-state index contributed by atoms with van der Waals surface area (Å²) in [6.45, 7) is 3.53. The second-order valence-corrected chi connectivity index (χ2v) is 6.95. The van der Waals surface area contributed by atoms with Crippen LogP contribution in [0, 0.1) is 0 Å². The smallest absolute Gasteiger partial charge is 0.369 e. The Bertz CT molecular complexity index is 313. The summed E-state index contributed by atoms with van der Waals surface area (Å²) >= 11 is 0. The van der Waals surface area contributed by atoms with Gasteiger partial charge in [-0.3, -0.25) is 0 Å². The fourth-order valence-electron chi connectivity index (χ4n) is 1.42. The van der Waals surface area contributed by atoms with Crippen molar-refractivity contribution in [2.75, 3.05) is 20.3 Å². The molecule has 0 spiro atoms. The molecule has 0 N–H and O–H groups in total. The Balaban J connectivity index is 2.05. The number of hydrogen-bond acceptors (Lipinski definition) is 3. The molecule has 2 atom stereocenters. The predicted molar refractivity (Wildman–Crippen MR) is 60.4 cm³/mol. The summed E-state index contributed by atoms with van der Waals surface area (Å²) in [5, 5.41) is 1.16. The summed E-state index contributed by atoms with van der Waals surface area (Å²) in [6.07, 6.45) is 0.288. The summed E-state index contributed by atoms with van der Waals surface area (Å²) < 4.78 is 16.6. The van der Waals surface area contributed by atoms with E-state index in [0.29, 0.717) is 6.61 Å². The lowest BCUT2D eigenvalue weighted by Gasteiger charge is -2.24. The minimum Gasteiger partial charge on any atom is -0.394 e. The van der Waals surface area contributed by atoms with Crippen molar-refractivity contribution in [1.29, 1.82) is 0 Å². The lowest BCUT2D eigenvalue weighted by Crippen LogP contribution is -2.50. The van der Waals surface area contributed by atoms with Gasteiger partial charge in [-0.2, -0.15) is 0 Å². The van der Waals surface area contributed by atoms with Crippen molar-refractivity contribution in [2.45, 2.75) is 12.7 Å². The van der Waals surface area contributed by atoms with E-state index in [1.807, 2.05) is 18.2 Å². The average Bonchev–Trinajstić information content (AvgIpc) is 3.11. The minimum absolute atomic E-state index is 0.288. The largest absolute Gasteiger partial charge is 0.394 e. The third-order valence-corrected chi connectivity index (χ3v) is 5.51. The monoisotopic (exact) mass is 224 g/mol. The first-order valence-electron chi connectivity index (χ1n) is 5.11. The highest BCUT2D eigenvalue weighted by Gasteiger charge is 2.35. The Kier molecular flexibility index (Phi) is 3.21. The molecule has 2 rings (SSSR count). The zero-order chi connectivity index (χ0) is 10.7. The first-order chi connectivity index (χ1) is 7.24. The van der Waals surface area contributed by atoms with Crippen LogP contribution in [0.15, 0.2) is 30.3 Å². The number of ether oxygens (including phenoxy) is 1. The molecule has 0 saturated carbocycles. The number of rotatable bonds is 5. The highest BCUT2D eigenvalue weighted by molar-refractivity contribution is 6.79. The number of benzene rings is 1. The van der Waals surface area contributed by atoms with Crippen LogP contribution in [0.2, 0.25) is 6.55 Å². The third-order valence-electron chi connectivity index (χ3n) is 2.63. The van der Waals surface area contributed by atoms with Gasteiger partial charge >= 0.3 is 8.56 Å². The molecular weight excluding hydrogens is 208 g/mol. The fourth-order valence-corrected chi connectivity index (χ4v) is 3.24. The molecule has 0 aliphatic carbocycles. The normalized spacial score (nSPS) is 23.5. The maximum absolute atomic E-state index is 5.88. The third kappa shape index (κ3) is 2.66. The minimum atomic E-state index is -2.20. The first kappa shape index (κ1) is 10.8. The second-order valence-electron chi connectivity index (χ2n) is 3.78. The Morgan fingerprint density at radius 3 is 2.60 bits per heavy atom. The van der Waals surface area contributed by atoms with Crippen LogP contribution >= 0.6 is 0 Å². The lowest BCUT2D eigenvalue weighted by atomic mass is 10.4. The van der Waals surface area contributed by atoms with Crippen LogP contribution < -0.4 is 5.19 Å². The molecule has 2 unspecified atom stereocenters. The molecular formula is C11H16O3Si. The van der Waals surface area contributed by atoms with Crippen molar-refractivity contribution < 1.29 is 13.6 Å². The van der Waals surface area contributed by atoms with Crippen molar-refractivity contribution >= 4 is 13.7 Å². The molecule has 4 heteroatoms. The van der Waals surface area contributed by atoms with Crippen LogP contribution in [0.3, 0.4) is 0 Å². The molecule has 1 aliphatic heterocycles. The van der Waals surface area contributed by atoms with Crippen molar-refractivity contribution in [3.63, 3.8) is 0 Å². The molecule has 3 nitrogen and oxygen atoms in total. The first-order valence-corrected chi connectivity index (χ1v) is 7.42. The summed E-state index contributed by atoms with van der Waals surface area (Å²) in [4.78, 5) is 0. The van der Waals surface area contributed by atoms with Crippen LogP contribution in [-0.2, 0) is 13.6 Å². The fraction of sp³-hybridized carbons (Fsp3) is 0.455. The highest BCUT2D eigenvalue weighted by Crippen LogP contribution is 2.13. The van der Waals surface area contributed by atoms with Gasteiger partial charge in [-0.05, 0) is 11.7 Å². The van der Waals surface area contributed by atoms with E-state index in [4.69, 9.17) is 13.6 Å². The van der Waals surface area contributed by atoms with Gasteiger partial charge in [0.15, 0.2) is 0 Å². The van der Waals surface area contributed by atoms with Crippen LogP contribution in [-0.4, -0.2) is 35.0 Å². The molecule has 1 saturated heterocycles. The second kappa shape index (κ2) is 4.45. The molecule has 82 valence electrons. The van der Waals surface area contributed by atoms with E-state index in [1.54, 1.807) is 7.11 Å². The molecule has 0 bridgehead atoms. The van der Waals surface area contributed by atoms with Crippen LogP contribution in [0.1, 0.15) is 0 Å². The number of epoxide rings is 1. The Labute approximate surface area is 91.2 Å². The topological polar surface area (TPSA) is 31.0 Å². The highest BCUT2D eigenvalue weighted by atomic mass is 28.4. The van der Waals surface area contributed by atoms with Crippen molar-refractivity contribution in [3.05, 3.63) is 30.3 Å². The van der Waals surface area contributed by atoms with Gasteiger partial charge in [0.2, 0.25) is 0 Å². The van der Waals surface area contributed by atoms with E-state index >= 15 is 0 Å². The molecule has 1 aromatic carbocycles. The number of hydrogen-bond donors (Lipinski definition) is 0. The van der Waals surface area contributed by atoms with Gasteiger partial charge in [0, 0.05) is 7.11 Å². The van der Waals surface area contributed by atoms with E-state index in [1.165, 1.54) is 0 Å². The Morgan fingerprint density at radius 1 is 1.40 bits per heavy atom. The van der Waals surface area contributed by atoms with E-state index in [2.05, 4.69) is 18.7 Å². The van der Waals surface area contributed by atoms with Crippen LogP contribution in [0.4, 0.5) is 0 Å². The zero-order valence-corrected chi connectivity index (χ0v) is 10.1. The predicted octanol–water partition coefficient (Wildman–Crippen LogP) is 1.03. The summed E-state index contributed by atoms with van der Waals surface area (Å²) in [7, 11) is -0.487. The maximum Gasteiger partial charge on any atom is 0.369 e. The maximum atomic E-state index is 5.88. The van der Waals surface area contributed by atoms with Crippen LogP contribution in [0.5, 0.6) is 0 Å². The van der Waals surface area contributed by atoms with E-state index in [-0.39, 0.29) is 6.10 Å². The van der Waals surface area contributed by atoms with Gasteiger partial charge in [0.05, 0.1) is 13.2 Å². The molecule has 15 heavy (non-hydrogen) atoms. The molecule has 1 heterocycles. The van der Waals surface area contributed by atoms with Crippen molar-refractivity contribution in [2.24, 2.45) is 0 Å². The van der Waals surface area contributed by atoms with Crippen molar-refractivity contribution in [3.8, 4) is 0 Å². The Hall–Kier alpha value is -0.683. The zero-order valence-electron chi connectivity index (χ0n) is 9.10. The van der Waals surface area contributed by atoms with Gasteiger partial charge in [-0.25, -0.2) is 0 Å². The van der Waals surface area contributed by atoms with Gasteiger partial charge in [0.1, 0.15) is 6.10 Å². The lowest BCUT2D eigenvalue weighted by molar-refractivity contribution is 0.195.